The van der Waals surface area contributed by atoms with Crippen LogP contribution >= 0.6 is 11.6 Å². The van der Waals surface area contributed by atoms with Crippen LogP contribution in [-0.2, 0) is 4.79 Å². The van der Waals surface area contributed by atoms with Gasteiger partial charge in [-0.05, 0) is 55.3 Å². The van der Waals surface area contributed by atoms with E-state index in [0.29, 0.717) is 16.3 Å². The minimum absolute atomic E-state index is 0.0643. The zero-order chi connectivity index (χ0) is 16.1. The summed E-state index contributed by atoms with van der Waals surface area (Å²) in [5.74, 6) is -0.276. The highest BCUT2D eigenvalue weighted by atomic mass is 35.5. The molecular formula is C18H17ClO3. The molecule has 0 atom stereocenters. The Bertz CT molecular complexity index is 688. The van der Waals surface area contributed by atoms with Gasteiger partial charge in [-0.1, -0.05) is 35.9 Å². The highest BCUT2D eigenvalue weighted by molar-refractivity contribution is 6.30. The molecule has 0 unspecified atom stereocenters. The molecule has 0 saturated heterocycles. The minimum atomic E-state index is -0.988. The van der Waals surface area contributed by atoms with Gasteiger partial charge in [0, 0.05) is 5.02 Å². The van der Waals surface area contributed by atoms with Crippen LogP contribution in [0.5, 0.6) is 5.75 Å². The fraction of sp³-hybridized carbons (Fsp3) is 0.167. The summed E-state index contributed by atoms with van der Waals surface area (Å²) in [6.07, 6.45) is 1.69. The predicted molar refractivity (Wildman–Crippen MR) is 89.2 cm³/mol. The Labute approximate surface area is 134 Å². The van der Waals surface area contributed by atoms with Crippen molar-refractivity contribution < 1.29 is 14.6 Å². The third-order valence-corrected chi connectivity index (χ3v) is 3.18. The molecule has 2 aromatic rings. The average molecular weight is 317 g/mol. The quantitative estimate of drug-likeness (QED) is 0.639. The first kappa shape index (κ1) is 16.1. The van der Waals surface area contributed by atoms with Crippen molar-refractivity contribution in [1.82, 2.24) is 0 Å². The topological polar surface area (TPSA) is 46.5 Å². The molecule has 4 heteroatoms. The lowest BCUT2D eigenvalue weighted by atomic mass is 10.0. The Morgan fingerprint density at radius 1 is 1.18 bits per heavy atom. The maximum Gasteiger partial charge on any atom is 0.336 e. The van der Waals surface area contributed by atoms with Crippen LogP contribution in [0.3, 0.4) is 0 Å². The number of halogens is 1. The molecule has 2 aromatic carbocycles. The lowest BCUT2D eigenvalue weighted by molar-refractivity contribution is -0.130. The number of hydrogen-bond acceptors (Lipinski definition) is 2. The molecule has 0 amide bonds. The molecule has 0 aliphatic rings. The first-order valence-electron chi connectivity index (χ1n) is 6.93. The summed E-state index contributed by atoms with van der Waals surface area (Å²) in [6.45, 7) is 3.89. The molecular weight excluding hydrogens is 300 g/mol. The van der Waals surface area contributed by atoms with Crippen LogP contribution in [-0.4, -0.2) is 17.2 Å². The lowest BCUT2D eigenvalue weighted by Crippen LogP contribution is -2.05. The third-order valence-electron chi connectivity index (χ3n) is 2.93. The molecule has 0 aliphatic carbocycles. The maximum absolute atomic E-state index is 11.5. The van der Waals surface area contributed by atoms with Gasteiger partial charge in [-0.3, -0.25) is 0 Å². The first-order valence-corrected chi connectivity index (χ1v) is 7.31. The summed E-state index contributed by atoms with van der Waals surface area (Å²) in [7, 11) is 0. The van der Waals surface area contributed by atoms with E-state index < -0.39 is 5.97 Å². The van der Waals surface area contributed by atoms with Crippen molar-refractivity contribution in [1.29, 1.82) is 0 Å². The van der Waals surface area contributed by atoms with Crippen LogP contribution in [0.4, 0.5) is 0 Å². The average Bonchev–Trinajstić information content (AvgIpc) is 2.45. The Balaban J connectivity index is 2.38. The van der Waals surface area contributed by atoms with Crippen LogP contribution < -0.4 is 4.74 Å². The lowest BCUT2D eigenvalue weighted by Gasteiger charge is -2.10. The molecule has 0 fully saturated rings. The zero-order valence-electron chi connectivity index (χ0n) is 12.4. The minimum Gasteiger partial charge on any atom is -0.491 e. The van der Waals surface area contributed by atoms with Gasteiger partial charge in [-0.25, -0.2) is 4.79 Å². The second-order valence-electron chi connectivity index (χ2n) is 5.11. The van der Waals surface area contributed by atoms with E-state index in [1.807, 2.05) is 38.1 Å². The van der Waals surface area contributed by atoms with Crippen molar-refractivity contribution in [3.05, 3.63) is 64.7 Å². The second-order valence-corrected chi connectivity index (χ2v) is 5.55. The van der Waals surface area contributed by atoms with Crippen LogP contribution in [0, 0.1) is 0 Å². The molecule has 0 spiro atoms. The molecule has 0 heterocycles. The van der Waals surface area contributed by atoms with Gasteiger partial charge in [0.15, 0.2) is 0 Å². The van der Waals surface area contributed by atoms with E-state index in [-0.39, 0.29) is 11.7 Å². The predicted octanol–water partition coefficient (Wildman–Crippen LogP) is 4.75. The van der Waals surface area contributed by atoms with Gasteiger partial charge < -0.3 is 9.84 Å². The number of rotatable bonds is 5. The maximum atomic E-state index is 11.5. The first-order chi connectivity index (χ1) is 10.5. The van der Waals surface area contributed by atoms with Gasteiger partial charge in [-0.15, -0.1) is 0 Å². The summed E-state index contributed by atoms with van der Waals surface area (Å²) in [4.78, 5) is 11.5. The van der Waals surface area contributed by atoms with Gasteiger partial charge >= 0.3 is 5.97 Å². The summed E-state index contributed by atoms with van der Waals surface area (Å²) in [5, 5.41) is 10.0. The Morgan fingerprint density at radius 3 is 2.45 bits per heavy atom. The van der Waals surface area contributed by atoms with Crippen molar-refractivity contribution in [2.24, 2.45) is 0 Å². The van der Waals surface area contributed by atoms with E-state index in [9.17, 15) is 9.90 Å². The van der Waals surface area contributed by atoms with E-state index >= 15 is 0 Å². The monoisotopic (exact) mass is 316 g/mol. The second kappa shape index (κ2) is 7.14. The van der Waals surface area contributed by atoms with Crippen LogP contribution in [0.2, 0.25) is 5.02 Å². The number of carboxylic acids is 1. The molecule has 0 aliphatic heterocycles. The number of hydrogen-bond donors (Lipinski definition) is 1. The van der Waals surface area contributed by atoms with Crippen LogP contribution in [0.15, 0.2) is 48.5 Å². The van der Waals surface area contributed by atoms with Crippen molar-refractivity contribution >= 4 is 29.2 Å². The Kier molecular flexibility index (Phi) is 5.23. The summed E-state index contributed by atoms with van der Waals surface area (Å²) in [6, 6.07) is 14.1. The smallest absolute Gasteiger partial charge is 0.336 e. The van der Waals surface area contributed by atoms with Crippen molar-refractivity contribution in [2.45, 2.75) is 20.0 Å². The molecule has 0 radical (unpaired) electrons. The highest BCUT2D eigenvalue weighted by Gasteiger charge is 2.10. The number of carbonyl (C=O) groups is 1. The molecule has 0 saturated carbocycles. The summed E-state index contributed by atoms with van der Waals surface area (Å²) >= 11 is 5.84. The molecule has 2 rings (SSSR count). The fourth-order valence-electron chi connectivity index (χ4n) is 2.01. The van der Waals surface area contributed by atoms with Crippen molar-refractivity contribution in [3.63, 3.8) is 0 Å². The van der Waals surface area contributed by atoms with Crippen LogP contribution in [0.25, 0.3) is 11.6 Å². The number of benzene rings is 2. The van der Waals surface area contributed by atoms with Crippen molar-refractivity contribution in [2.75, 3.05) is 0 Å². The van der Waals surface area contributed by atoms with Gasteiger partial charge in [0.1, 0.15) is 5.75 Å². The molecule has 0 bridgehead atoms. The summed E-state index contributed by atoms with van der Waals surface area (Å²) in [5.41, 5.74) is 1.58. The number of ether oxygens (including phenoxy) is 1. The Hall–Kier alpha value is -2.26. The van der Waals surface area contributed by atoms with Crippen LogP contribution in [0.1, 0.15) is 25.0 Å². The highest BCUT2D eigenvalue weighted by Crippen LogP contribution is 2.23. The Morgan fingerprint density at radius 2 is 1.86 bits per heavy atom. The summed E-state index contributed by atoms with van der Waals surface area (Å²) < 4.78 is 5.62. The van der Waals surface area contributed by atoms with Gasteiger partial charge in [0.05, 0.1) is 11.7 Å². The molecule has 1 N–H and O–H groups in total. The zero-order valence-corrected chi connectivity index (χ0v) is 13.2. The van der Waals surface area contributed by atoms with E-state index in [1.165, 1.54) is 0 Å². The molecule has 3 nitrogen and oxygen atoms in total. The van der Waals surface area contributed by atoms with E-state index in [2.05, 4.69) is 0 Å². The van der Waals surface area contributed by atoms with Gasteiger partial charge in [-0.2, -0.15) is 0 Å². The normalized spacial score (nSPS) is 11.5. The van der Waals surface area contributed by atoms with Crippen molar-refractivity contribution in [3.8, 4) is 5.75 Å². The molecule has 0 aromatic heterocycles. The molecule has 22 heavy (non-hydrogen) atoms. The van der Waals surface area contributed by atoms with Gasteiger partial charge in [0.2, 0.25) is 0 Å². The molecule has 114 valence electrons. The fourth-order valence-corrected chi connectivity index (χ4v) is 2.14. The third kappa shape index (κ3) is 4.37. The number of carboxylic acid groups (broad SMARTS) is 1. The van der Waals surface area contributed by atoms with E-state index in [0.717, 1.165) is 5.56 Å². The van der Waals surface area contributed by atoms with E-state index in [1.54, 1.807) is 30.3 Å². The largest absolute Gasteiger partial charge is 0.491 e. The standard InChI is InChI=1S/C18H17ClO3/c1-12(2)22-16-5-3-4-13(10-16)11-17(18(20)21)14-6-8-15(19)9-7-14/h3-12H,1-2H3,(H,20,21)/b17-11-. The van der Waals surface area contributed by atoms with E-state index in [4.69, 9.17) is 16.3 Å². The van der Waals surface area contributed by atoms with Gasteiger partial charge in [0.25, 0.3) is 0 Å². The number of aliphatic carboxylic acids is 1. The SMILES string of the molecule is CC(C)Oc1cccc(/C=C(\C(=O)O)c2ccc(Cl)cc2)c1.